The maximum absolute atomic E-state index is 4.74. The number of thiocarbonyl (C=S) groups is 1. The summed E-state index contributed by atoms with van der Waals surface area (Å²) in [6.07, 6.45) is 1.79. The first-order valence-electron chi connectivity index (χ1n) is 1.77. The van der Waals surface area contributed by atoms with Crippen molar-refractivity contribution in [1.29, 1.82) is 0 Å². The maximum Gasteiger partial charge on any atom is 0.156 e. The molecule has 1 aliphatic rings. The molecule has 0 bridgehead atoms. The van der Waals surface area contributed by atoms with Crippen molar-refractivity contribution in [2.75, 3.05) is 0 Å². The van der Waals surface area contributed by atoms with Gasteiger partial charge in [0.1, 0.15) is 0 Å². The molecule has 4 heteroatoms. The third-order valence-corrected chi connectivity index (χ3v) is 1.48. The zero-order valence-electron chi connectivity index (χ0n) is 3.47. The van der Waals surface area contributed by atoms with Gasteiger partial charge in [0, 0.05) is 6.20 Å². The van der Waals surface area contributed by atoms with Gasteiger partial charge >= 0.3 is 0 Å². The van der Waals surface area contributed by atoms with Crippen LogP contribution in [0.1, 0.15) is 0 Å². The van der Waals surface area contributed by atoms with E-state index in [1.165, 1.54) is 11.8 Å². The molecule has 0 aromatic carbocycles. The van der Waals surface area contributed by atoms with Gasteiger partial charge in [-0.25, -0.2) is 0 Å². The molecule has 0 radical (unpaired) electrons. The van der Waals surface area contributed by atoms with Crippen molar-refractivity contribution in [3.63, 3.8) is 0 Å². The van der Waals surface area contributed by atoms with E-state index in [1.54, 1.807) is 6.20 Å². The molecule has 2 N–H and O–H groups in total. The SMILES string of the molecule is S=C1NNC=CS1. The molecule has 0 aromatic heterocycles. The summed E-state index contributed by atoms with van der Waals surface area (Å²) in [6.45, 7) is 0. The highest BCUT2D eigenvalue weighted by atomic mass is 32.2. The summed E-state index contributed by atoms with van der Waals surface area (Å²) in [5, 5.41) is 1.89. The minimum atomic E-state index is 0.766. The van der Waals surface area contributed by atoms with Gasteiger partial charge in [0.05, 0.1) is 0 Å². The Bertz CT molecular complexity index is 110. The van der Waals surface area contributed by atoms with E-state index in [1.807, 2.05) is 5.41 Å². The van der Waals surface area contributed by atoms with Crippen molar-refractivity contribution in [3.8, 4) is 0 Å². The largest absolute Gasteiger partial charge is 0.307 e. The molecule has 2 nitrogen and oxygen atoms in total. The molecule has 1 rings (SSSR count). The predicted octanol–water partition coefficient (Wildman–Crippen LogP) is 0.583. The second-order valence-electron chi connectivity index (χ2n) is 0.977. The van der Waals surface area contributed by atoms with Gasteiger partial charge in [-0.15, -0.1) is 0 Å². The Morgan fingerprint density at radius 2 is 2.57 bits per heavy atom. The zero-order valence-corrected chi connectivity index (χ0v) is 5.10. The zero-order chi connectivity index (χ0) is 5.11. The van der Waals surface area contributed by atoms with E-state index in [0.717, 1.165) is 4.32 Å². The lowest BCUT2D eigenvalue weighted by atomic mass is 11.0. The van der Waals surface area contributed by atoms with Crippen LogP contribution in [0.15, 0.2) is 11.6 Å². The fourth-order valence-electron chi connectivity index (χ4n) is 0.260. The molecule has 0 unspecified atom stereocenters. The fourth-order valence-corrected chi connectivity index (χ4v) is 0.863. The summed E-state index contributed by atoms with van der Waals surface area (Å²) in [6, 6.07) is 0. The van der Waals surface area contributed by atoms with Gasteiger partial charge in [-0.2, -0.15) is 0 Å². The lowest BCUT2D eigenvalue weighted by Crippen LogP contribution is -2.31. The van der Waals surface area contributed by atoms with Crippen molar-refractivity contribution in [3.05, 3.63) is 11.6 Å². The molecule has 1 aliphatic heterocycles. The minimum absolute atomic E-state index is 0.766. The van der Waals surface area contributed by atoms with Crippen LogP contribution in [0.2, 0.25) is 0 Å². The molecule has 0 saturated carbocycles. The molecule has 0 atom stereocenters. The normalized spacial score (nSPS) is 18.0. The van der Waals surface area contributed by atoms with Crippen LogP contribution in [0.4, 0.5) is 0 Å². The standard InChI is InChI=1S/C3H4N2S2/c6-3-5-4-1-2-7-3/h1-2,4H,(H,5,6). The molecule has 0 saturated heterocycles. The molecular formula is C3H4N2S2. The molecule has 38 valence electrons. The van der Waals surface area contributed by atoms with Crippen molar-refractivity contribution < 1.29 is 0 Å². The van der Waals surface area contributed by atoms with Gasteiger partial charge in [0.25, 0.3) is 0 Å². The quantitative estimate of drug-likeness (QED) is 0.471. The average molecular weight is 132 g/mol. The van der Waals surface area contributed by atoms with Crippen molar-refractivity contribution in [2.45, 2.75) is 0 Å². The third-order valence-electron chi connectivity index (χ3n) is 0.501. The van der Waals surface area contributed by atoms with Crippen LogP contribution in [0.3, 0.4) is 0 Å². The number of hydrazine groups is 1. The summed E-state index contributed by atoms with van der Waals surface area (Å²) in [7, 11) is 0. The Labute approximate surface area is 51.3 Å². The number of nitrogens with one attached hydrogen (secondary N) is 2. The number of rotatable bonds is 0. The van der Waals surface area contributed by atoms with Gasteiger partial charge in [-0.1, -0.05) is 24.0 Å². The van der Waals surface area contributed by atoms with E-state index in [-0.39, 0.29) is 0 Å². The van der Waals surface area contributed by atoms with E-state index < -0.39 is 0 Å². The number of thioether (sulfide) groups is 1. The number of hydrogen-bond acceptors (Lipinski definition) is 3. The maximum atomic E-state index is 4.74. The highest BCUT2D eigenvalue weighted by Gasteiger charge is 1.92. The summed E-state index contributed by atoms with van der Waals surface area (Å²) in [5.41, 5.74) is 5.48. The highest BCUT2D eigenvalue weighted by Crippen LogP contribution is 2.03. The Hall–Kier alpha value is -0.220. The second-order valence-corrected chi connectivity index (χ2v) is 2.56. The minimum Gasteiger partial charge on any atom is -0.307 e. The summed E-state index contributed by atoms with van der Waals surface area (Å²) >= 11 is 6.24. The van der Waals surface area contributed by atoms with Gasteiger partial charge in [-0.05, 0) is 5.41 Å². The third kappa shape index (κ3) is 1.36. The Morgan fingerprint density at radius 3 is 2.86 bits per heavy atom. The van der Waals surface area contributed by atoms with E-state index in [4.69, 9.17) is 12.2 Å². The van der Waals surface area contributed by atoms with E-state index in [0.29, 0.717) is 0 Å². The van der Waals surface area contributed by atoms with Gasteiger partial charge in [-0.3, -0.25) is 5.43 Å². The van der Waals surface area contributed by atoms with Gasteiger partial charge in [0.15, 0.2) is 4.32 Å². The summed E-state index contributed by atoms with van der Waals surface area (Å²) in [5.74, 6) is 0. The first kappa shape index (κ1) is 4.93. The van der Waals surface area contributed by atoms with E-state index in [9.17, 15) is 0 Å². The highest BCUT2D eigenvalue weighted by molar-refractivity contribution is 8.24. The number of hydrogen-bond donors (Lipinski definition) is 2. The molecule has 0 amide bonds. The molecule has 0 spiro atoms. The first-order valence-corrected chi connectivity index (χ1v) is 3.05. The van der Waals surface area contributed by atoms with Gasteiger partial charge in [0.2, 0.25) is 0 Å². The summed E-state index contributed by atoms with van der Waals surface area (Å²) in [4.78, 5) is 0. The van der Waals surface area contributed by atoms with Crippen LogP contribution in [-0.2, 0) is 0 Å². The predicted molar refractivity (Wildman–Crippen MR) is 35.6 cm³/mol. The lowest BCUT2D eigenvalue weighted by molar-refractivity contribution is 0.838. The smallest absolute Gasteiger partial charge is 0.156 e. The topological polar surface area (TPSA) is 24.1 Å². The van der Waals surface area contributed by atoms with Crippen LogP contribution in [0.25, 0.3) is 0 Å². The molecular weight excluding hydrogens is 128 g/mol. The average Bonchev–Trinajstić information content (AvgIpc) is 1.69. The molecule has 0 aromatic rings. The fraction of sp³-hybridized carbons (Fsp3) is 0. The van der Waals surface area contributed by atoms with Crippen LogP contribution in [-0.4, -0.2) is 4.32 Å². The monoisotopic (exact) mass is 132 g/mol. The Morgan fingerprint density at radius 1 is 1.71 bits per heavy atom. The van der Waals surface area contributed by atoms with E-state index >= 15 is 0 Å². The van der Waals surface area contributed by atoms with E-state index in [2.05, 4.69) is 10.9 Å². The molecule has 1 heterocycles. The van der Waals surface area contributed by atoms with Crippen LogP contribution in [0, 0.1) is 0 Å². The van der Waals surface area contributed by atoms with Crippen molar-refractivity contribution in [2.24, 2.45) is 0 Å². The Kier molecular flexibility index (Phi) is 1.54. The molecule has 0 aliphatic carbocycles. The van der Waals surface area contributed by atoms with Crippen LogP contribution < -0.4 is 10.9 Å². The second kappa shape index (κ2) is 2.18. The Balaban J connectivity index is 2.47. The molecule has 0 fully saturated rings. The first-order chi connectivity index (χ1) is 3.39. The van der Waals surface area contributed by atoms with Gasteiger partial charge < -0.3 is 5.43 Å². The van der Waals surface area contributed by atoms with Crippen molar-refractivity contribution in [1.82, 2.24) is 10.9 Å². The lowest BCUT2D eigenvalue weighted by Gasteiger charge is -2.07. The van der Waals surface area contributed by atoms with Crippen LogP contribution >= 0.6 is 24.0 Å². The molecule has 7 heavy (non-hydrogen) atoms. The van der Waals surface area contributed by atoms with Crippen LogP contribution in [0.5, 0.6) is 0 Å². The summed E-state index contributed by atoms with van der Waals surface area (Å²) < 4.78 is 0.766. The van der Waals surface area contributed by atoms with Crippen molar-refractivity contribution >= 4 is 28.3 Å².